The summed E-state index contributed by atoms with van der Waals surface area (Å²) in [5.41, 5.74) is 2.07. The first-order valence-corrected chi connectivity index (χ1v) is 8.55. The minimum atomic E-state index is -0.646. The number of nitriles is 1. The fourth-order valence-electron chi connectivity index (χ4n) is 3.28. The van der Waals surface area contributed by atoms with E-state index in [1.54, 1.807) is 0 Å². The molecule has 0 amide bonds. The summed E-state index contributed by atoms with van der Waals surface area (Å²) in [5, 5.41) is 9.77. The average molecular weight is 336 g/mol. The quantitative estimate of drug-likeness (QED) is 0.844. The van der Waals surface area contributed by atoms with Gasteiger partial charge in [0.05, 0.1) is 18.7 Å². The molecule has 1 fully saturated rings. The van der Waals surface area contributed by atoms with E-state index in [2.05, 4.69) is 23.1 Å². The normalized spacial score (nSPS) is 23.8. The highest BCUT2D eigenvalue weighted by molar-refractivity contribution is 5.26. The molecule has 3 atom stereocenters. The van der Waals surface area contributed by atoms with Crippen LogP contribution in [0.1, 0.15) is 37.1 Å². The highest BCUT2D eigenvalue weighted by Crippen LogP contribution is 2.37. The summed E-state index contributed by atoms with van der Waals surface area (Å²) in [5.74, 6) is -0.646. The van der Waals surface area contributed by atoms with Gasteiger partial charge in [0.15, 0.2) is 5.79 Å². The second-order valence-corrected chi connectivity index (χ2v) is 6.84. The molecule has 0 aliphatic carbocycles. The van der Waals surface area contributed by atoms with Gasteiger partial charge in [0.1, 0.15) is 12.1 Å². The number of ether oxygens (including phenoxy) is 2. The van der Waals surface area contributed by atoms with Gasteiger partial charge in [0, 0.05) is 0 Å². The van der Waals surface area contributed by atoms with E-state index >= 15 is 0 Å². The second-order valence-electron chi connectivity index (χ2n) is 6.84. The summed E-state index contributed by atoms with van der Waals surface area (Å²) in [6.07, 6.45) is -0.158. The molecule has 0 spiro atoms. The lowest BCUT2D eigenvalue weighted by atomic mass is 9.97. The molecule has 1 heterocycles. The van der Waals surface area contributed by atoms with Crippen LogP contribution in [0.2, 0.25) is 0 Å². The SMILES string of the molecule is CN(C(C#N)c1ccccc1)[C@H]1COC(C)(C)O[C@H]1c1ccccc1. The third kappa shape index (κ3) is 3.91. The number of nitrogens with zero attached hydrogens (tertiary/aromatic N) is 2. The molecule has 0 N–H and O–H groups in total. The van der Waals surface area contributed by atoms with Crippen LogP contribution in [-0.2, 0) is 9.47 Å². The average Bonchev–Trinajstić information content (AvgIpc) is 2.63. The van der Waals surface area contributed by atoms with Crippen molar-refractivity contribution in [2.75, 3.05) is 13.7 Å². The molecule has 1 aliphatic rings. The minimum absolute atomic E-state index is 0.0553. The van der Waals surface area contributed by atoms with Gasteiger partial charge in [-0.1, -0.05) is 60.7 Å². The lowest BCUT2D eigenvalue weighted by Crippen LogP contribution is -2.51. The van der Waals surface area contributed by atoms with E-state index < -0.39 is 5.79 Å². The summed E-state index contributed by atoms with van der Waals surface area (Å²) in [6, 6.07) is 22.0. The van der Waals surface area contributed by atoms with Gasteiger partial charge >= 0.3 is 0 Å². The fraction of sp³-hybridized carbons (Fsp3) is 0.381. The van der Waals surface area contributed by atoms with Crippen LogP contribution in [0.15, 0.2) is 60.7 Å². The summed E-state index contributed by atoms with van der Waals surface area (Å²) < 4.78 is 12.2. The third-order valence-electron chi connectivity index (χ3n) is 4.66. The van der Waals surface area contributed by atoms with E-state index in [0.29, 0.717) is 6.61 Å². The van der Waals surface area contributed by atoms with Gasteiger partial charge in [-0.25, -0.2) is 0 Å². The molecule has 4 heteroatoms. The maximum Gasteiger partial charge on any atom is 0.163 e. The van der Waals surface area contributed by atoms with E-state index in [1.807, 2.05) is 69.4 Å². The molecule has 1 saturated heterocycles. The number of rotatable bonds is 4. The molecule has 4 nitrogen and oxygen atoms in total. The Morgan fingerprint density at radius 3 is 2.28 bits per heavy atom. The summed E-state index contributed by atoms with van der Waals surface area (Å²) >= 11 is 0. The molecule has 130 valence electrons. The van der Waals surface area contributed by atoms with Crippen LogP contribution in [0.5, 0.6) is 0 Å². The van der Waals surface area contributed by atoms with Gasteiger partial charge in [-0.2, -0.15) is 5.26 Å². The third-order valence-corrected chi connectivity index (χ3v) is 4.66. The fourth-order valence-corrected chi connectivity index (χ4v) is 3.28. The Bertz CT molecular complexity index is 725. The van der Waals surface area contributed by atoms with Crippen molar-refractivity contribution in [2.24, 2.45) is 0 Å². The molecule has 0 aromatic heterocycles. The van der Waals surface area contributed by atoms with Crippen molar-refractivity contribution in [1.82, 2.24) is 4.90 Å². The van der Waals surface area contributed by atoms with Crippen molar-refractivity contribution in [3.05, 3.63) is 71.8 Å². The first-order valence-electron chi connectivity index (χ1n) is 8.55. The van der Waals surface area contributed by atoms with E-state index in [1.165, 1.54) is 0 Å². The molecular weight excluding hydrogens is 312 g/mol. The monoisotopic (exact) mass is 336 g/mol. The van der Waals surface area contributed by atoms with Crippen LogP contribution in [0.3, 0.4) is 0 Å². The second kappa shape index (κ2) is 7.37. The van der Waals surface area contributed by atoms with Crippen molar-refractivity contribution in [2.45, 2.75) is 37.8 Å². The highest BCUT2D eigenvalue weighted by Gasteiger charge is 2.41. The maximum absolute atomic E-state index is 9.77. The molecule has 1 unspecified atom stereocenters. The van der Waals surface area contributed by atoms with Crippen molar-refractivity contribution in [3.63, 3.8) is 0 Å². The predicted molar refractivity (Wildman–Crippen MR) is 96.6 cm³/mol. The summed E-state index contributed by atoms with van der Waals surface area (Å²) in [6.45, 7) is 4.37. The molecule has 25 heavy (non-hydrogen) atoms. The van der Waals surface area contributed by atoms with Crippen LogP contribution >= 0.6 is 0 Å². The molecule has 0 radical (unpaired) electrons. The van der Waals surface area contributed by atoms with Gasteiger partial charge < -0.3 is 9.47 Å². The zero-order chi connectivity index (χ0) is 17.9. The van der Waals surface area contributed by atoms with E-state index in [4.69, 9.17) is 9.47 Å². The van der Waals surface area contributed by atoms with Gasteiger partial charge in [-0.3, -0.25) is 4.90 Å². The van der Waals surface area contributed by atoms with Gasteiger partial charge in [-0.15, -0.1) is 0 Å². The highest BCUT2D eigenvalue weighted by atomic mass is 16.7. The van der Waals surface area contributed by atoms with Gasteiger partial charge in [0.25, 0.3) is 0 Å². The van der Waals surface area contributed by atoms with Crippen molar-refractivity contribution in [3.8, 4) is 6.07 Å². The first-order chi connectivity index (χ1) is 12.0. The van der Waals surface area contributed by atoms with E-state index in [9.17, 15) is 5.26 Å². The van der Waals surface area contributed by atoms with Crippen LogP contribution in [-0.4, -0.2) is 30.4 Å². The minimum Gasteiger partial charge on any atom is -0.349 e. The Balaban J connectivity index is 1.91. The summed E-state index contributed by atoms with van der Waals surface area (Å²) in [7, 11) is 1.96. The van der Waals surface area contributed by atoms with E-state index in [0.717, 1.165) is 11.1 Å². The Morgan fingerprint density at radius 2 is 1.68 bits per heavy atom. The molecule has 1 aliphatic heterocycles. The van der Waals surface area contributed by atoms with Crippen LogP contribution in [0, 0.1) is 11.3 Å². The smallest absolute Gasteiger partial charge is 0.163 e. The zero-order valence-corrected chi connectivity index (χ0v) is 14.9. The van der Waals surface area contributed by atoms with Crippen LogP contribution in [0.4, 0.5) is 0 Å². The maximum atomic E-state index is 9.77. The van der Waals surface area contributed by atoms with Gasteiger partial charge in [-0.05, 0) is 32.0 Å². The Hall–Kier alpha value is -2.19. The molecule has 0 saturated carbocycles. The molecule has 0 bridgehead atoms. The lowest BCUT2D eigenvalue weighted by Gasteiger charge is -2.45. The molecule has 3 rings (SSSR count). The standard InChI is InChI=1S/C21H24N2O2/c1-21(2)24-15-19(20(25-21)17-12-8-5-9-13-17)23(3)18(14-22)16-10-6-4-7-11-16/h4-13,18-20H,15H2,1-3H3/t18?,19-,20-/m0/s1. The Morgan fingerprint density at radius 1 is 1.08 bits per heavy atom. The Kier molecular flexibility index (Phi) is 5.19. The topological polar surface area (TPSA) is 45.5 Å². The molecular formula is C21H24N2O2. The first kappa shape index (κ1) is 17.6. The summed E-state index contributed by atoms with van der Waals surface area (Å²) in [4.78, 5) is 2.06. The number of likely N-dealkylation sites (N-methyl/N-ethyl adjacent to an activating group) is 1. The van der Waals surface area contributed by atoms with Crippen LogP contribution in [0.25, 0.3) is 0 Å². The van der Waals surface area contributed by atoms with Gasteiger partial charge in [0.2, 0.25) is 0 Å². The molecule has 2 aromatic rings. The van der Waals surface area contributed by atoms with Crippen molar-refractivity contribution in [1.29, 1.82) is 5.26 Å². The number of benzene rings is 2. The van der Waals surface area contributed by atoms with Crippen LogP contribution < -0.4 is 0 Å². The van der Waals surface area contributed by atoms with Crippen molar-refractivity contribution >= 4 is 0 Å². The lowest BCUT2D eigenvalue weighted by molar-refractivity contribution is -0.297. The zero-order valence-electron chi connectivity index (χ0n) is 14.9. The Labute approximate surface area is 149 Å². The van der Waals surface area contributed by atoms with E-state index in [-0.39, 0.29) is 18.2 Å². The predicted octanol–water partition coefficient (Wildman–Crippen LogP) is 4.08. The number of hydrogen-bond donors (Lipinski definition) is 0. The molecule has 2 aromatic carbocycles. The van der Waals surface area contributed by atoms with Crippen molar-refractivity contribution < 1.29 is 9.47 Å². The largest absolute Gasteiger partial charge is 0.349 e. The number of hydrogen-bond acceptors (Lipinski definition) is 4.